The van der Waals surface area contributed by atoms with E-state index in [9.17, 15) is 18.0 Å². The Morgan fingerprint density at radius 2 is 1.90 bits per heavy atom. The van der Waals surface area contributed by atoms with Crippen molar-refractivity contribution in [2.24, 2.45) is 0 Å². The molecule has 0 fully saturated rings. The van der Waals surface area contributed by atoms with Crippen LogP contribution in [0.15, 0.2) is 54.7 Å². The lowest BCUT2D eigenvalue weighted by Crippen LogP contribution is -2.15. The van der Waals surface area contributed by atoms with Crippen LogP contribution in [-0.2, 0) is 12.8 Å². The summed E-state index contributed by atoms with van der Waals surface area (Å²) in [5.74, 6) is 0.0606. The van der Waals surface area contributed by atoms with E-state index in [1.54, 1.807) is 12.1 Å². The highest BCUT2D eigenvalue weighted by molar-refractivity contribution is 6.02. The monoisotopic (exact) mass is 401 g/mol. The minimum absolute atomic E-state index is 0.00802. The van der Waals surface area contributed by atoms with Crippen LogP contribution in [0.5, 0.6) is 5.75 Å². The van der Waals surface area contributed by atoms with E-state index in [0.717, 1.165) is 23.4 Å². The molecular formula is C21H18F3N3O2. The summed E-state index contributed by atoms with van der Waals surface area (Å²) in [5.41, 5.74) is 1.69. The Morgan fingerprint density at radius 3 is 2.62 bits per heavy atom. The normalized spacial score (nSPS) is 11.2. The van der Waals surface area contributed by atoms with Gasteiger partial charge in [0.05, 0.1) is 5.56 Å². The lowest BCUT2D eigenvalue weighted by atomic mass is 10.2. The topological polar surface area (TPSA) is 64.1 Å². The van der Waals surface area contributed by atoms with Crippen LogP contribution in [0, 0.1) is 13.8 Å². The molecule has 29 heavy (non-hydrogen) atoms. The highest BCUT2D eigenvalue weighted by atomic mass is 19.4. The second-order valence-corrected chi connectivity index (χ2v) is 6.49. The third-order valence-corrected chi connectivity index (χ3v) is 3.96. The zero-order chi connectivity index (χ0) is 21.0. The average molecular weight is 401 g/mol. The summed E-state index contributed by atoms with van der Waals surface area (Å²) in [6.45, 7) is 3.72. The van der Waals surface area contributed by atoms with E-state index in [2.05, 4.69) is 15.3 Å². The van der Waals surface area contributed by atoms with Crippen LogP contribution in [-0.4, -0.2) is 15.9 Å². The van der Waals surface area contributed by atoms with Crippen molar-refractivity contribution in [1.29, 1.82) is 0 Å². The number of amides is 1. The quantitative estimate of drug-likeness (QED) is 0.658. The molecule has 2 heterocycles. The van der Waals surface area contributed by atoms with Gasteiger partial charge in [0.25, 0.3) is 5.91 Å². The van der Waals surface area contributed by atoms with E-state index in [1.807, 2.05) is 19.9 Å². The van der Waals surface area contributed by atoms with Gasteiger partial charge >= 0.3 is 6.18 Å². The highest BCUT2D eigenvalue weighted by Crippen LogP contribution is 2.31. The van der Waals surface area contributed by atoms with Gasteiger partial charge in [-0.1, -0.05) is 6.07 Å². The fourth-order valence-corrected chi connectivity index (χ4v) is 2.70. The second kappa shape index (κ2) is 8.30. The second-order valence-electron chi connectivity index (χ2n) is 6.49. The molecule has 8 heteroatoms. The number of carbonyl (C=O) groups is 1. The molecule has 0 unspecified atom stereocenters. The number of aromatic nitrogens is 2. The van der Waals surface area contributed by atoms with Crippen LogP contribution >= 0.6 is 0 Å². The summed E-state index contributed by atoms with van der Waals surface area (Å²) in [6.07, 6.45) is -3.00. The van der Waals surface area contributed by atoms with Crippen molar-refractivity contribution >= 4 is 11.7 Å². The Bertz CT molecular complexity index is 1020. The maximum atomic E-state index is 12.8. The maximum absolute atomic E-state index is 12.8. The smallest absolute Gasteiger partial charge is 0.416 e. The van der Waals surface area contributed by atoms with Gasteiger partial charge in [-0.15, -0.1) is 0 Å². The number of hydrogen-bond donors (Lipinski definition) is 1. The molecule has 1 amide bonds. The highest BCUT2D eigenvalue weighted by Gasteiger charge is 2.30. The number of pyridine rings is 2. The summed E-state index contributed by atoms with van der Waals surface area (Å²) in [5, 5.41) is 2.69. The molecule has 0 atom stereocenters. The molecule has 150 valence electrons. The van der Waals surface area contributed by atoms with Crippen LogP contribution in [0.1, 0.15) is 32.9 Å². The van der Waals surface area contributed by atoms with Gasteiger partial charge in [-0.2, -0.15) is 13.2 Å². The minimum Gasteiger partial charge on any atom is -0.489 e. The fraction of sp³-hybridized carbons (Fsp3) is 0.190. The van der Waals surface area contributed by atoms with E-state index in [0.29, 0.717) is 11.4 Å². The van der Waals surface area contributed by atoms with Crippen molar-refractivity contribution in [2.45, 2.75) is 26.6 Å². The number of anilines is 1. The zero-order valence-corrected chi connectivity index (χ0v) is 15.7. The Kier molecular flexibility index (Phi) is 5.81. The predicted molar refractivity (Wildman–Crippen MR) is 102 cm³/mol. The predicted octanol–water partition coefficient (Wildman–Crippen LogP) is 4.94. The van der Waals surface area contributed by atoms with Crippen LogP contribution in [0.2, 0.25) is 0 Å². The number of carbonyl (C=O) groups excluding carboxylic acids is 1. The molecule has 0 saturated heterocycles. The first kappa shape index (κ1) is 20.3. The van der Waals surface area contributed by atoms with Crippen molar-refractivity contribution in [1.82, 2.24) is 9.97 Å². The van der Waals surface area contributed by atoms with Crippen molar-refractivity contribution in [3.05, 3.63) is 82.8 Å². The first-order valence-corrected chi connectivity index (χ1v) is 8.72. The number of hydrogen-bond acceptors (Lipinski definition) is 4. The van der Waals surface area contributed by atoms with E-state index in [1.165, 1.54) is 24.4 Å². The average Bonchev–Trinajstić information content (AvgIpc) is 2.65. The Hall–Kier alpha value is -3.42. The lowest BCUT2D eigenvalue weighted by Gasteiger charge is -2.11. The van der Waals surface area contributed by atoms with Gasteiger partial charge in [0.15, 0.2) is 0 Å². The van der Waals surface area contributed by atoms with E-state index >= 15 is 0 Å². The van der Waals surface area contributed by atoms with E-state index < -0.39 is 17.6 Å². The molecule has 0 bridgehead atoms. The third kappa shape index (κ3) is 5.54. The molecule has 1 N–H and O–H groups in total. The fourth-order valence-electron chi connectivity index (χ4n) is 2.70. The molecule has 0 spiro atoms. The van der Waals surface area contributed by atoms with Gasteiger partial charge in [-0.25, -0.2) is 4.98 Å². The van der Waals surface area contributed by atoms with Crippen LogP contribution in [0.4, 0.5) is 19.0 Å². The number of rotatable bonds is 5. The van der Waals surface area contributed by atoms with Crippen molar-refractivity contribution in [3.8, 4) is 5.75 Å². The third-order valence-electron chi connectivity index (χ3n) is 3.96. The van der Waals surface area contributed by atoms with Crippen LogP contribution in [0.3, 0.4) is 0 Å². The Balaban J connectivity index is 1.69. The van der Waals surface area contributed by atoms with Gasteiger partial charge < -0.3 is 10.1 Å². The molecule has 0 radical (unpaired) electrons. The molecule has 5 nitrogen and oxygen atoms in total. The van der Waals surface area contributed by atoms with Gasteiger partial charge in [-0.05, 0) is 67.4 Å². The van der Waals surface area contributed by atoms with E-state index in [-0.39, 0.29) is 18.1 Å². The summed E-state index contributed by atoms with van der Waals surface area (Å²) in [4.78, 5) is 20.7. The van der Waals surface area contributed by atoms with Gasteiger partial charge in [0, 0.05) is 11.9 Å². The van der Waals surface area contributed by atoms with Crippen LogP contribution in [0.25, 0.3) is 0 Å². The molecular weight excluding hydrogens is 383 g/mol. The first-order valence-electron chi connectivity index (χ1n) is 8.72. The zero-order valence-electron chi connectivity index (χ0n) is 15.7. The molecule has 3 aromatic rings. The standard InChI is InChI=1S/C21H18F3N3O2/c1-13-8-14(2)26-19(9-13)27-20(28)18-10-15(6-7-25-18)12-29-17-5-3-4-16(11-17)21(22,23)24/h3-11H,12H2,1-2H3,(H,26,27,28). The molecule has 0 saturated carbocycles. The van der Waals surface area contributed by atoms with Crippen molar-refractivity contribution in [2.75, 3.05) is 5.32 Å². The van der Waals surface area contributed by atoms with E-state index in [4.69, 9.17) is 4.74 Å². The van der Waals surface area contributed by atoms with Crippen molar-refractivity contribution in [3.63, 3.8) is 0 Å². The molecule has 1 aromatic carbocycles. The number of nitrogens with one attached hydrogen (secondary N) is 1. The number of benzene rings is 1. The molecule has 2 aromatic heterocycles. The first-order chi connectivity index (χ1) is 13.7. The SMILES string of the molecule is Cc1cc(C)nc(NC(=O)c2cc(COc3cccc(C(F)(F)F)c3)ccn2)c1. The van der Waals surface area contributed by atoms with Gasteiger partial charge in [-0.3, -0.25) is 9.78 Å². The summed E-state index contributed by atoms with van der Waals surface area (Å²) in [7, 11) is 0. The summed E-state index contributed by atoms with van der Waals surface area (Å²) < 4.78 is 43.8. The molecule has 0 aliphatic heterocycles. The summed E-state index contributed by atoms with van der Waals surface area (Å²) in [6, 6.07) is 11.4. The molecule has 3 rings (SSSR count). The number of halogens is 3. The van der Waals surface area contributed by atoms with Crippen molar-refractivity contribution < 1.29 is 22.7 Å². The summed E-state index contributed by atoms with van der Waals surface area (Å²) >= 11 is 0. The Labute approximate surface area is 165 Å². The van der Waals surface area contributed by atoms with Gasteiger partial charge in [0.1, 0.15) is 23.9 Å². The minimum atomic E-state index is -4.44. The number of aryl methyl sites for hydroxylation is 2. The maximum Gasteiger partial charge on any atom is 0.416 e. The molecule has 0 aliphatic rings. The Morgan fingerprint density at radius 1 is 1.10 bits per heavy atom. The largest absolute Gasteiger partial charge is 0.489 e. The number of nitrogens with zero attached hydrogens (tertiary/aromatic N) is 2. The number of alkyl halides is 3. The number of ether oxygens (including phenoxy) is 1. The van der Waals surface area contributed by atoms with Crippen LogP contribution < -0.4 is 10.1 Å². The lowest BCUT2D eigenvalue weighted by molar-refractivity contribution is -0.137. The van der Waals surface area contributed by atoms with Gasteiger partial charge in [0.2, 0.25) is 0 Å². The molecule has 0 aliphatic carbocycles.